The van der Waals surface area contributed by atoms with Crippen LogP contribution in [0.2, 0.25) is 0 Å². The summed E-state index contributed by atoms with van der Waals surface area (Å²) in [5.41, 5.74) is 0.130. The van der Waals surface area contributed by atoms with Crippen molar-refractivity contribution >= 4 is 11.9 Å². The van der Waals surface area contributed by atoms with Crippen LogP contribution in [0.3, 0.4) is 0 Å². The Kier molecular flexibility index (Phi) is 4.92. The van der Waals surface area contributed by atoms with Gasteiger partial charge in [-0.25, -0.2) is 14.2 Å². The van der Waals surface area contributed by atoms with E-state index in [4.69, 9.17) is 9.84 Å². The molecule has 1 fully saturated rings. The number of carboxylic acids is 1. The Morgan fingerprint density at radius 1 is 1.28 bits per heavy atom. The third-order valence-electron chi connectivity index (χ3n) is 4.12. The predicted molar refractivity (Wildman–Crippen MR) is 87.1 cm³/mol. The first-order valence-corrected chi connectivity index (χ1v) is 7.93. The lowest BCUT2D eigenvalue weighted by Crippen LogP contribution is -2.39. The fourth-order valence-electron chi connectivity index (χ4n) is 2.85. The fourth-order valence-corrected chi connectivity index (χ4v) is 2.85. The molecule has 1 aromatic heterocycles. The van der Waals surface area contributed by atoms with Crippen molar-refractivity contribution in [3.8, 4) is 5.75 Å². The van der Waals surface area contributed by atoms with Crippen molar-refractivity contribution in [3.63, 3.8) is 0 Å². The molecule has 1 aliphatic rings. The van der Waals surface area contributed by atoms with Gasteiger partial charge in [0, 0.05) is 18.3 Å². The Balaban J connectivity index is 1.68. The van der Waals surface area contributed by atoms with Gasteiger partial charge >= 0.3 is 5.97 Å². The highest BCUT2D eigenvalue weighted by atomic mass is 19.1. The lowest BCUT2D eigenvalue weighted by molar-refractivity contribution is 0.0689. The molecule has 1 N–H and O–H groups in total. The van der Waals surface area contributed by atoms with Gasteiger partial charge < -0.3 is 14.7 Å². The lowest BCUT2D eigenvalue weighted by atomic mass is 10.1. The molecule has 0 saturated carbocycles. The number of halogens is 1. The lowest BCUT2D eigenvalue weighted by Gasteiger charge is -2.25. The summed E-state index contributed by atoms with van der Waals surface area (Å²) in [7, 11) is 0. The minimum absolute atomic E-state index is 0.112. The molecule has 1 saturated heterocycles. The third kappa shape index (κ3) is 3.93. The summed E-state index contributed by atoms with van der Waals surface area (Å²) in [6.45, 7) is 0.884. The quantitative estimate of drug-likeness (QED) is 0.902. The Bertz CT molecular complexity index is 779. The van der Waals surface area contributed by atoms with Crippen molar-refractivity contribution in [1.29, 1.82) is 0 Å². The van der Waals surface area contributed by atoms with Crippen LogP contribution in [-0.2, 0) is 0 Å². The van der Waals surface area contributed by atoms with E-state index in [1.165, 1.54) is 30.5 Å². The highest BCUT2D eigenvalue weighted by Gasteiger charge is 2.30. The van der Waals surface area contributed by atoms with E-state index in [9.17, 15) is 14.0 Å². The van der Waals surface area contributed by atoms with E-state index in [1.807, 2.05) is 0 Å². The molecule has 2 heterocycles. The second-order valence-electron chi connectivity index (χ2n) is 5.79. The largest absolute Gasteiger partial charge is 0.491 e. The molecule has 2 aromatic rings. The van der Waals surface area contributed by atoms with E-state index in [0.717, 1.165) is 12.8 Å². The molecule has 130 valence electrons. The van der Waals surface area contributed by atoms with Gasteiger partial charge in [0.2, 0.25) is 0 Å². The van der Waals surface area contributed by atoms with Gasteiger partial charge in [-0.3, -0.25) is 4.79 Å². The topological polar surface area (TPSA) is 79.7 Å². The van der Waals surface area contributed by atoms with Gasteiger partial charge in [0.1, 0.15) is 23.9 Å². The minimum Gasteiger partial charge on any atom is -0.491 e. The van der Waals surface area contributed by atoms with Crippen molar-refractivity contribution in [2.75, 3.05) is 13.2 Å². The first-order chi connectivity index (χ1) is 12.0. The molecule has 1 aliphatic heterocycles. The van der Waals surface area contributed by atoms with Crippen molar-refractivity contribution in [2.24, 2.45) is 0 Å². The van der Waals surface area contributed by atoms with Crippen LogP contribution in [0.5, 0.6) is 5.75 Å². The van der Waals surface area contributed by atoms with Crippen LogP contribution in [0.1, 0.15) is 33.7 Å². The van der Waals surface area contributed by atoms with Gasteiger partial charge in [-0.15, -0.1) is 0 Å². The minimum atomic E-state index is -1.17. The Morgan fingerprint density at radius 3 is 2.76 bits per heavy atom. The number of pyridine rings is 1. The number of hydrogen-bond donors (Lipinski definition) is 1. The van der Waals surface area contributed by atoms with E-state index in [1.54, 1.807) is 17.0 Å². The molecule has 1 amide bonds. The fraction of sp³-hybridized carbons (Fsp3) is 0.278. The molecular formula is C18H17FN2O4. The Labute approximate surface area is 143 Å². The number of benzene rings is 1. The molecule has 0 bridgehead atoms. The molecule has 7 heteroatoms. The molecule has 6 nitrogen and oxygen atoms in total. The number of likely N-dealkylation sites (tertiary alicyclic amines) is 1. The molecule has 1 atom stereocenters. The standard InChI is InChI=1S/C18H17FN2O4/c19-13-3-5-15(6-4-13)25-11-14-2-1-9-21(14)17(22)12-7-8-20-16(10-12)18(23)24/h3-8,10,14H,1-2,9,11H2,(H,23,24)/t14-/m0/s1. The zero-order valence-electron chi connectivity index (χ0n) is 13.4. The first-order valence-electron chi connectivity index (χ1n) is 7.93. The number of hydrogen-bond acceptors (Lipinski definition) is 4. The van der Waals surface area contributed by atoms with E-state index >= 15 is 0 Å². The number of carbonyl (C=O) groups excluding carboxylic acids is 1. The average molecular weight is 344 g/mol. The summed E-state index contributed by atoms with van der Waals surface area (Å²) >= 11 is 0. The number of amides is 1. The van der Waals surface area contributed by atoms with Gasteiger partial charge in [0.15, 0.2) is 0 Å². The maximum absolute atomic E-state index is 12.9. The molecule has 0 aliphatic carbocycles. The van der Waals surface area contributed by atoms with Crippen molar-refractivity contribution in [3.05, 3.63) is 59.7 Å². The zero-order valence-corrected chi connectivity index (χ0v) is 13.4. The van der Waals surface area contributed by atoms with Crippen LogP contribution >= 0.6 is 0 Å². The zero-order chi connectivity index (χ0) is 17.8. The summed E-state index contributed by atoms with van der Waals surface area (Å²) in [5, 5.41) is 9.00. The number of nitrogens with zero attached hydrogens (tertiary/aromatic N) is 2. The van der Waals surface area contributed by atoms with Gasteiger partial charge in [0.05, 0.1) is 6.04 Å². The molecule has 0 radical (unpaired) electrons. The van der Waals surface area contributed by atoms with E-state index in [-0.39, 0.29) is 23.5 Å². The summed E-state index contributed by atoms with van der Waals surface area (Å²) < 4.78 is 18.6. The SMILES string of the molecule is O=C(O)c1cc(C(=O)N2CCC[C@H]2COc2ccc(F)cc2)ccn1. The van der Waals surface area contributed by atoms with Crippen LogP contribution in [0, 0.1) is 5.82 Å². The normalized spacial score (nSPS) is 16.7. The summed E-state index contributed by atoms with van der Waals surface area (Å²) in [6, 6.07) is 8.39. The molecule has 0 spiro atoms. The van der Waals surface area contributed by atoms with E-state index < -0.39 is 5.97 Å². The highest BCUT2D eigenvalue weighted by molar-refractivity contribution is 5.97. The van der Waals surface area contributed by atoms with Crippen molar-refractivity contribution in [2.45, 2.75) is 18.9 Å². The van der Waals surface area contributed by atoms with Gasteiger partial charge in [-0.1, -0.05) is 0 Å². The number of aromatic carboxylic acids is 1. The van der Waals surface area contributed by atoms with Crippen LogP contribution in [0.25, 0.3) is 0 Å². The summed E-state index contributed by atoms with van der Waals surface area (Å²) in [5.74, 6) is -1.21. The van der Waals surface area contributed by atoms with Gasteiger partial charge in [-0.05, 0) is 49.2 Å². The summed E-state index contributed by atoms with van der Waals surface area (Å²) in [6.07, 6.45) is 2.96. The van der Waals surface area contributed by atoms with Crippen LogP contribution in [0.15, 0.2) is 42.6 Å². The predicted octanol–water partition coefficient (Wildman–Crippen LogP) is 2.60. The Morgan fingerprint density at radius 2 is 2.04 bits per heavy atom. The second kappa shape index (κ2) is 7.29. The number of aromatic nitrogens is 1. The first kappa shape index (κ1) is 16.9. The van der Waals surface area contributed by atoms with Gasteiger partial charge in [0.25, 0.3) is 5.91 Å². The van der Waals surface area contributed by atoms with E-state index in [2.05, 4.69) is 4.98 Å². The van der Waals surface area contributed by atoms with Crippen LogP contribution < -0.4 is 4.74 Å². The van der Waals surface area contributed by atoms with Crippen LogP contribution in [-0.4, -0.2) is 46.1 Å². The van der Waals surface area contributed by atoms with Gasteiger partial charge in [-0.2, -0.15) is 0 Å². The average Bonchev–Trinajstić information content (AvgIpc) is 3.09. The molecule has 25 heavy (non-hydrogen) atoms. The molecular weight excluding hydrogens is 327 g/mol. The summed E-state index contributed by atoms with van der Waals surface area (Å²) in [4.78, 5) is 29.1. The van der Waals surface area contributed by atoms with Crippen LogP contribution in [0.4, 0.5) is 4.39 Å². The number of carboxylic acid groups (broad SMARTS) is 1. The van der Waals surface area contributed by atoms with Crippen molar-refractivity contribution < 1.29 is 23.8 Å². The number of ether oxygens (including phenoxy) is 1. The number of rotatable bonds is 5. The Hall–Kier alpha value is -2.96. The van der Waals surface area contributed by atoms with E-state index in [0.29, 0.717) is 24.5 Å². The van der Waals surface area contributed by atoms with Crippen molar-refractivity contribution in [1.82, 2.24) is 9.88 Å². The third-order valence-corrected chi connectivity index (χ3v) is 4.12. The molecule has 0 unspecified atom stereocenters. The highest BCUT2D eigenvalue weighted by Crippen LogP contribution is 2.22. The molecule has 1 aromatic carbocycles. The number of carbonyl (C=O) groups is 2. The maximum Gasteiger partial charge on any atom is 0.354 e. The second-order valence-corrected chi connectivity index (χ2v) is 5.79. The maximum atomic E-state index is 12.9. The molecule has 3 rings (SSSR count). The smallest absolute Gasteiger partial charge is 0.354 e. The monoisotopic (exact) mass is 344 g/mol.